The lowest BCUT2D eigenvalue weighted by Crippen LogP contribution is -2.28. The van der Waals surface area contributed by atoms with E-state index < -0.39 is 5.92 Å². The molecule has 1 unspecified atom stereocenters. The molecule has 1 aliphatic heterocycles. The van der Waals surface area contributed by atoms with E-state index in [0.29, 0.717) is 29.6 Å². The Labute approximate surface area is 151 Å². The van der Waals surface area contributed by atoms with Crippen LogP contribution < -0.4 is 10.2 Å². The maximum atomic E-state index is 12.6. The van der Waals surface area contributed by atoms with E-state index >= 15 is 0 Å². The Kier molecular flexibility index (Phi) is 4.99. The van der Waals surface area contributed by atoms with Gasteiger partial charge in [-0.1, -0.05) is 17.7 Å². The number of rotatable bonds is 5. The lowest BCUT2D eigenvalue weighted by Gasteiger charge is -2.20. The Bertz CT molecular complexity index is 774. The molecule has 1 aromatic carbocycles. The Hall–Kier alpha value is -2.47. The fourth-order valence-electron chi connectivity index (χ4n) is 3.00. The van der Waals surface area contributed by atoms with Gasteiger partial charge >= 0.3 is 0 Å². The summed E-state index contributed by atoms with van der Waals surface area (Å²) in [5.74, 6) is 0.0896. The second-order valence-corrected chi connectivity index (χ2v) is 6.68. The van der Waals surface area contributed by atoms with E-state index in [1.807, 2.05) is 25.1 Å². The second kappa shape index (κ2) is 7.19. The number of carbonyl (C=O) groups is 2. The van der Waals surface area contributed by atoms with Crippen molar-refractivity contribution in [1.29, 1.82) is 0 Å². The highest BCUT2D eigenvalue weighted by Gasteiger charge is 2.35. The number of likely N-dealkylation sites (tertiary alicyclic amines) is 1. The maximum Gasteiger partial charge on any atom is 0.229 e. The van der Waals surface area contributed by atoms with Gasteiger partial charge in [0.1, 0.15) is 5.76 Å². The number of para-hydroxylation sites is 1. The minimum absolute atomic E-state index is 0.0459. The van der Waals surface area contributed by atoms with E-state index in [1.54, 1.807) is 35.4 Å². The van der Waals surface area contributed by atoms with Gasteiger partial charge in [-0.3, -0.25) is 9.59 Å². The lowest BCUT2D eigenvalue weighted by molar-refractivity contribution is -0.128. The van der Waals surface area contributed by atoms with Crippen molar-refractivity contribution < 1.29 is 14.0 Å². The molecule has 0 saturated carbocycles. The summed E-state index contributed by atoms with van der Waals surface area (Å²) in [5, 5.41) is 3.47. The van der Waals surface area contributed by atoms with E-state index in [2.05, 4.69) is 5.32 Å². The molecule has 0 spiro atoms. The molecule has 2 aromatic rings. The molecule has 3 rings (SSSR count). The molecule has 1 saturated heterocycles. The normalized spacial score (nSPS) is 17.0. The van der Waals surface area contributed by atoms with Crippen LogP contribution in [0.2, 0.25) is 5.02 Å². The number of amides is 2. The Morgan fingerprint density at radius 2 is 2.16 bits per heavy atom. The van der Waals surface area contributed by atoms with E-state index in [-0.39, 0.29) is 18.2 Å². The Morgan fingerprint density at radius 1 is 1.36 bits per heavy atom. The molecule has 25 heavy (non-hydrogen) atoms. The van der Waals surface area contributed by atoms with E-state index in [1.165, 1.54) is 0 Å². The van der Waals surface area contributed by atoms with Crippen LogP contribution in [-0.2, 0) is 16.1 Å². The van der Waals surface area contributed by atoms with Crippen LogP contribution in [0, 0.1) is 5.92 Å². The standard InChI is InChI=1S/C18H20ClN3O3/c1-21(2)17-14(19)6-3-7-15(17)20-18(24)12-9-16(23)22(10-12)11-13-5-4-8-25-13/h3-8,12H,9-11H2,1-2H3,(H,20,24). The average Bonchev–Trinajstić information content (AvgIpc) is 3.18. The molecule has 2 amide bonds. The number of nitrogens with one attached hydrogen (secondary N) is 1. The summed E-state index contributed by atoms with van der Waals surface area (Å²) in [6.07, 6.45) is 1.77. The predicted molar refractivity (Wildman–Crippen MR) is 96.6 cm³/mol. The van der Waals surface area contributed by atoms with Gasteiger partial charge in [0.2, 0.25) is 11.8 Å². The third-order valence-electron chi connectivity index (χ3n) is 4.20. The van der Waals surface area contributed by atoms with Crippen molar-refractivity contribution in [3.05, 3.63) is 47.4 Å². The van der Waals surface area contributed by atoms with Crippen molar-refractivity contribution in [3.8, 4) is 0 Å². The Morgan fingerprint density at radius 3 is 2.84 bits per heavy atom. The van der Waals surface area contributed by atoms with Crippen molar-refractivity contribution in [2.45, 2.75) is 13.0 Å². The van der Waals surface area contributed by atoms with Crippen LogP contribution in [0.25, 0.3) is 0 Å². The summed E-state index contributed by atoms with van der Waals surface area (Å²) in [5.41, 5.74) is 1.38. The van der Waals surface area contributed by atoms with Gasteiger partial charge in [0.05, 0.1) is 35.1 Å². The number of carbonyl (C=O) groups excluding carboxylic acids is 2. The van der Waals surface area contributed by atoms with Crippen LogP contribution in [-0.4, -0.2) is 37.4 Å². The molecule has 0 aliphatic carbocycles. The molecule has 7 heteroatoms. The van der Waals surface area contributed by atoms with Gasteiger partial charge in [-0.15, -0.1) is 0 Å². The van der Waals surface area contributed by atoms with Crippen molar-refractivity contribution in [2.75, 3.05) is 30.9 Å². The quantitative estimate of drug-likeness (QED) is 0.889. The zero-order chi connectivity index (χ0) is 18.0. The van der Waals surface area contributed by atoms with Crippen molar-refractivity contribution in [1.82, 2.24) is 4.90 Å². The van der Waals surface area contributed by atoms with Crippen LogP contribution in [0.4, 0.5) is 11.4 Å². The third kappa shape index (κ3) is 3.79. The summed E-state index contributed by atoms with van der Waals surface area (Å²) < 4.78 is 5.28. The van der Waals surface area contributed by atoms with Crippen LogP contribution in [0.3, 0.4) is 0 Å². The van der Waals surface area contributed by atoms with E-state index in [4.69, 9.17) is 16.0 Å². The number of benzene rings is 1. The summed E-state index contributed by atoms with van der Waals surface area (Å²) in [6.45, 7) is 0.763. The van der Waals surface area contributed by atoms with Crippen LogP contribution in [0.5, 0.6) is 0 Å². The fraction of sp³-hybridized carbons (Fsp3) is 0.333. The SMILES string of the molecule is CN(C)c1c(Cl)cccc1NC(=O)C1CC(=O)N(Cc2ccco2)C1. The number of halogens is 1. The minimum Gasteiger partial charge on any atom is -0.467 e. The molecule has 0 bridgehead atoms. The van der Waals surface area contributed by atoms with Gasteiger partial charge in [-0.05, 0) is 24.3 Å². The van der Waals surface area contributed by atoms with Gasteiger partial charge in [0, 0.05) is 27.1 Å². The van der Waals surface area contributed by atoms with Crippen molar-refractivity contribution in [3.63, 3.8) is 0 Å². The van der Waals surface area contributed by atoms with Gasteiger partial charge in [-0.2, -0.15) is 0 Å². The van der Waals surface area contributed by atoms with Crippen LogP contribution >= 0.6 is 11.6 Å². The minimum atomic E-state index is -0.392. The zero-order valence-electron chi connectivity index (χ0n) is 14.2. The first kappa shape index (κ1) is 17.4. The third-order valence-corrected chi connectivity index (χ3v) is 4.51. The number of anilines is 2. The molecule has 1 atom stereocenters. The summed E-state index contributed by atoms with van der Waals surface area (Å²) in [4.78, 5) is 28.3. The molecule has 132 valence electrons. The first-order valence-electron chi connectivity index (χ1n) is 8.02. The molecular weight excluding hydrogens is 342 g/mol. The van der Waals surface area contributed by atoms with Gasteiger partial charge < -0.3 is 19.5 Å². The number of furan rings is 1. The highest BCUT2D eigenvalue weighted by atomic mass is 35.5. The van der Waals surface area contributed by atoms with Crippen molar-refractivity contribution >= 4 is 34.8 Å². The first-order chi connectivity index (χ1) is 12.0. The Balaban J connectivity index is 1.68. The molecule has 1 fully saturated rings. The number of nitrogens with zero attached hydrogens (tertiary/aromatic N) is 2. The molecular formula is C18H20ClN3O3. The number of hydrogen-bond acceptors (Lipinski definition) is 4. The van der Waals surface area contributed by atoms with Gasteiger partial charge in [-0.25, -0.2) is 0 Å². The highest BCUT2D eigenvalue weighted by Crippen LogP contribution is 2.33. The largest absolute Gasteiger partial charge is 0.467 e. The smallest absolute Gasteiger partial charge is 0.229 e. The lowest BCUT2D eigenvalue weighted by atomic mass is 10.1. The molecule has 1 N–H and O–H groups in total. The van der Waals surface area contributed by atoms with E-state index in [0.717, 1.165) is 5.69 Å². The molecule has 6 nitrogen and oxygen atoms in total. The average molecular weight is 362 g/mol. The van der Waals surface area contributed by atoms with Crippen LogP contribution in [0.15, 0.2) is 41.0 Å². The zero-order valence-corrected chi connectivity index (χ0v) is 14.9. The monoisotopic (exact) mass is 361 g/mol. The summed E-state index contributed by atoms with van der Waals surface area (Å²) in [6, 6.07) is 8.96. The van der Waals surface area contributed by atoms with E-state index in [9.17, 15) is 9.59 Å². The molecule has 1 aromatic heterocycles. The molecule has 1 aliphatic rings. The second-order valence-electron chi connectivity index (χ2n) is 6.27. The predicted octanol–water partition coefficient (Wildman–Crippen LogP) is 2.99. The number of hydrogen-bond donors (Lipinski definition) is 1. The summed E-state index contributed by atoms with van der Waals surface area (Å²) >= 11 is 6.23. The topological polar surface area (TPSA) is 65.8 Å². The molecule has 2 heterocycles. The van der Waals surface area contributed by atoms with Crippen LogP contribution in [0.1, 0.15) is 12.2 Å². The fourth-order valence-corrected chi connectivity index (χ4v) is 3.34. The highest BCUT2D eigenvalue weighted by molar-refractivity contribution is 6.34. The first-order valence-corrected chi connectivity index (χ1v) is 8.40. The van der Waals surface area contributed by atoms with Crippen molar-refractivity contribution in [2.24, 2.45) is 5.92 Å². The van der Waals surface area contributed by atoms with Gasteiger partial charge in [0.25, 0.3) is 0 Å². The maximum absolute atomic E-state index is 12.6. The summed E-state index contributed by atoms with van der Waals surface area (Å²) in [7, 11) is 3.72. The van der Waals surface area contributed by atoms with Gasteiger partial charge in [0.15, 0.2) is 0 Å². The molecule has 0 radical (unpaired) electrons.